The third-order valence-corrected chi connectivity index (χ3v) is 4.25. The van der Waals surface area contributed by atoms with Crippen LogP contribution in [0.15, 0.2) is 65.5 Å². The topological polar surface area (TPSA) is 74.8 Å². The maximum atomic E-state index is 12.7. The van der Waals surface area contributed by atoms with Crippen molar-refractivity contribution in [2.24, 2.45) is 0 Å². The van der Waals surface area contributed by atoms with Crippen molar-refractivity contribution in [3.63, 3.8) is 0 Å². The molecule has 0 atom stereocenters. The highest BCUT2D eigenvalue weighted by Gasteiger charge is 2.18. The Morgan fingerprint density at radius 2 is 1.54 bits per heavy atom. The lowest BCUT2D eigenvalue weighted by Crippen LogP contribution is -2.33. The van der Waals surface area contributed by atoms with Gasteiger partial charge in [-0.05, 0) is 25.0 Å². The Balaban J connectivity index is 1.86. The summed E-state index contributed by atoms with van der Waals surface area (Å²) in [5, 5.41) is 3.05. The predicted octanol–water partition coefficient (Wildman–Crippen LogP) is 2.84. The van der Waals surface area contributed by atoms with Crippen LogP contribution in [0.2, 0.25) is 0 Å². The summed E-state index contributed by atoms with van der Waals surface area (Å²) in [5.41, 5.74) is 2.69. The van der Waals surface area contributed by atoms with E-state index in [0.717, 1.165) is 11.1 Å². The monoisotopic (exact) mass is 347 g/mol. The molecule has 1 amide bonds. The Bertz CT molecular complexity index is 910. The van der Waals surface area contributed by atoms with Gasteiger partial charge in [0.1, 0.15) is 5.82 Å². The number of aromatic amines is 1. The zero-order valence-corrected chi connectivity index (χ0v) is 14.8. The number of rotatable bonds is 5. The average molecular weight is 347 g/mol. The lowest BCUT2D eigenvalue weighted by atomic mass is 9.98. The maximum absolute atomic E-state index is 12.7. The predicted molar refractivity (Wildman–Crippen MR) is 101 cm³/mol. The Morgan fingerprint density at radius 3 is 2.04 bits per heavy atom. The average Bonchev–Trinajstić information content (AvgIpc) is 2.64. The molecule has 0 saturated heterocycles. The van der Waals surface area contributed by atoms with Gasteiger partial charge in [-0.2, -0.15) is 0 Å². The van der Waals surface area contributed by atoms with Crippen LogP contribution >= 0.6 is 0 Å². The summed E-state index contributed by atoms with van der Waals surface area (Å²) in [7, 11) is 0. The van der Waals surface area contributed by atoms with Crippen molar-refractivity contribution in [3.8, 4) is 0 Å². The first-order chi connectivity index (χ1) is 12.5. The van der Waals surface area contributed by atoms with Gasteiger partial charge >= 0.3 is 0 Å². The van der Waals surface area contributed by atoms with Crippen molar-refractivity contribution in [3.05, 3.63) is 99.2 Å². The van der Waals surface area contributed by atoms with Crippen LogP contribution in [0.1, 0.15) is 34.3 Å². The maximum Gasteiger partial charge on any atom is 0.254 e. The third kappa shape index (κ3) is 4.06. The first-order valence-corrected chi connectivity index (χ1v) is 8.50. The Kier molecular flexibility index (Phi) is 5.27. The molecule has 0 radical (unpaired) electrons. The number of hydrogen-bond acceptors (Lipinski definition) is 3. The summed E-state index contributed by atoms with van der Waals surface area (Å²) in [6, 6.07) is 19.3. The first-order valence-electron chi connectivity index (χ1n) is 8.50. The molecular formula is C21H21N3O2. The van der Waals surface area contributed by atoms with Gasteiger partial charge in [0.15, 0.2) is 0 Å². The number of nitrogens with zero attached hydrogens (tertiary/aromatic N) is 1. The van der Waals surface area contributed by atoms with Crippen LogP contribution in [-0.2, 0) is 11.2 Å². The van der Waals surface area contributed by atoms with Gasteiger partial charge in [0, 0.05) is 11.3 Å². The molecular weight excluding hydrogens is 326 g/mol. The normalized spacial score (nSPS) is 10.7. The highest BCUT2D eigenvalue weighted by atomic mass is 16.2. The van der Waals surface area contributed by atoms with Gasteiger partial charge < -0.3 is 10.3 Å². The number of benzene rings is 2. The zero-order chi connectivity index (χ0) is 18.5. The van der Waals surface area contributed by atoms with Gasteiger partial charge in [0.2, 0.25) is 5.91 Å². The minimum absolute atomic E-state index is 0.00931. The number of nitrogens with one attached hydrogen (secondary N) is 2. The lowest BCUT2D eigenvalue weighted by Gasteiger charge is -2.20. The fraction of sp³-hybridized carbons (Fsp3) is 0.190. The van der Waals surface area contributed by atoms with Crippen molar-refractivity contribution < 1.29 is 4.79 Å². The van der Waals surface area contributed by atoms with Crippen LogP contribution in [0, 0.1) is 13.8 Å². The van der Waals surface area contributed by atoms with Gasteiger partial charge in [0.05, 0.1) is 12.5 Å². The molecule has 26 heavy (non-hydrogen) atoms. The summed E-state index contributed by atoms with van der Waals surface area (Å²) in [6.45, 7) is 3.47. The molecule has 3 rings (SSSR count). The summed E-state index contributed by atoms with van der Waals surface area (Å²) in [4.78, 5) is 31.7. The van der Waals surface area contributed by atoms with Crippen LogP contribution < -0.4 is 10.9 Å². The van der Waals surface area contributed by atoms with Crippen molar-refractivity contribution >= 4 is 5.91 Å². The van der Waals surface area contributed by atoms with Crippen LogP contribution in [-0.4, -0.2) is 15.9 Å². The Hall–Kier alpha value is -3.21. The number of carbonyl (C=O) groups excluding carboxylic acids is 1. The molecule has 0 saturated carbocycles. The summed E-state index contributed by atoms with van der Waals surface area (Å²) in [6.07, 6.45) is -0.00931. The molecule has 0 aliphatic rings. The molecule has 3 aromatic rings. The Labute approximate surface area is 152 Å². The largest absolute Gasteiger partial charge is 0.345 e. The van der Waals surface area contributed by atoms with Gasteiger partial charge in [0.25, 0.3) is 5.56 Å². The summed E-state index contributed by atoms with van der Waals surface area (Å²) < 4.78 is 0. The van der Waals surface area contributed by atoms with Gasteiger partial charge in [-0.25, -0.2) is 4.98 Å². The van der Waals surface area contributed by atoms with E-state index in [-0.39, 0.29) is 23.9 Å². The number of carbonyl (C=O) groups is 1. The molecule has 0 fully saturated rings. The number of aryl methyl sites for hydroxylation is 2. The number of aromatic nitrogens is 2. The van der Waals surface area contributed by atoms with E-state index < -0.39 is 0 Å². The van der Waals surface area contributed by atoms with E-state index in [4.69, 9.17) is 0 Å². The standard InChI is InChI=1S/C21H21N3O2/c1-14-18(21(26)23-15(2)22-14)13-19(25)24-20(16-9-5-3-6-10-16)17-11-7-4-8-12-17/h3-12,20H,13H2,1-2H3,(H,24,25)(H,22,23,26). The van der Waals surface area contributed by atoms with E-state index in [1.54, 1.807) is 13.8 Å². The highest BCUT2D eigenvalue weighted by molar-refractivity contribution is 5.79. The van der Waals surface area contributed by atoms with E-state index >= 15 is 0 Å². The molecule has 0 aliphatic carbocycles. The van der Waals surface area contributed by atoms with E-state index in [1.807, 2.05) is 60.7 Å². The SMILES string of the molecule is Cc1nc(C)c(CC(=O)NC(c2ccccc2)c2ccccc2)c(=O)[nH]1. The number of hydrogen-bond donors (Lipinski definition) is 2. The second-order valence-electron chi connectivity index (χ2n) is 6.21. The minimum atomic E-state index is -0.275. The molecule has 0 spiro atoms. The van der Waals surface area contributed by atoms with Gasteiger partial charge in [-0.1, -0.05) is 60.7 Å². The van der Waals surface area contributed by atoms with Crippen molar-refractivity contribution in [1.82, 2.24) is 15.3 Å². The molecule has 5 nitrogen and oxygen atoms in total. The molecule has 1 heterocycles. The van der Waals surface area contributed by atoms with Gasteiger partial charge in [-0.3, -0.25) is 9.59 Å². The smallest absolute Gasteiger partial charge is 0.254 e. The van der Waals surface area contributed by atoms with Gasteiger partial charge in [-0.15, -0.1) is 0 Å². The second-order valence-corrected chi connectivity index (χ2v) is 6.21. The molecule has 0 bridgehead atoms. The second kappa shape index (κ2) is 7.78. The zero-order valence-electron chi connectivity index (χ0n) is 14.8. The molecule has 2 N–H and O–H groups in total. The highest BCUT2D eigenvalue weighted by Crippen LogP contribution is 2.21. The summed E-state index contributed by atoms with van der Waals surface area (Å²) >= 11 is 0. The van der Waals surface area contributed by atoms with E-state index in [1.165, 1.54) is 0 Å². The van der Waals surface area contributed by atoms with Crippen LogP contribution in [0.5, 0.6) is 0 Å². The first kappa shape index (κ1) is 17.6. The number of amides is 1. The third-order valence-electron chi connectivity index (χ3n) is 4.25. The quantitative estimate of drug-likeness (QED) is 0.745. The van der Waals surface area contributed by atoms with Crippen molar-refractivity contribution in [2.45, 2.75) is 26.3 Å². The fourth-order valence-corrected chi connectivity index (χ4v) is 2.98. The molecule has 1 aromatic heterocycles. The Morgan fingerprint density at radius 1 is 1.00 bits per heavy atom. The molecule has 2 aromatic carbocycles. The van der Waals surface area contributed by atoms with Crippen molar-refractivity contribution in [1.29, 1.82) is 0 Å². The minimum Gasteiger partial charge on any atom is -0.345 e. The molecule has 0 aliphatic heterocycles. The van der Waals surface area contributed by atoms with Crippen LogP contribution in [0.25, 0.3) is 0 Å². The number of H-pyrrole nitrogens is 1. The van der Waals surface area contributed by atoms with E-state index in [9.17, 15) is 9.59 Å². The van der Waals surface area contributed by atoms with Crippen LogP contribution in [0.4, 0.5) is 0 Å². The fourth-order valence-electron chi connectivity index (χ4n) is 2.98. The van der Waals surface area contributed by atoms with E-state index in [0.29, 0.717) is 17.1 Å². The molecule has 132 valence electrons. The summed E-state index contributed by atoms with van der Waals surface area (Å²) in [5.74, 6) is 0.324. The molecule has 0 unspecified atom stereocenters. The lowest BCUT2D eigenvalue weighted by molar-refractivity contribution is -0.121. The van der Waals surface area contributed by atoms with E-state index in [2.05, 4.69) is 15.3 Å². The van der Waals surface area contributed by atoms with Crippen LogP contribution in [0.3, 0.4) is 0 Å². The van der Waals surface area contributed by atoms with Crippen molar-refractivity contribution in [2.75, 3.05) is 0 Å². The molecule has 5 heteroatoms.